The highest BCUT2D eigenvalue weighted by Gasteiger charge is 2.02. The van der Waals surface area contributed by atoms with Crippen LogP contribution in [0.2, 0.25) is 0 Å². The van der Waals surface area contributed by atoms with Gasteiger partial charge in [-0.3, -0.25) is 0 Å². The Balaban J connectivity index is 2.37. The number of hydrogen-bond acceptors (Lipinski definition) is 4. The van der Waals surface area contributed by atoms with Crippen LogP contribution in [0.15, 0.2) is 18.2 Å². The zero-order chi connectivity index (χ0) is 12.9. The average Bonchev–Trinajstić information content (AvgIpc) is 2.20. The van der Waals surface area contributed by atoms with Gasteiger partial charge in [-0.25, -0.2) is 13.1 Å². The lowest BCUT2D eigenvalue weighted by molar-refractivity contribution is 0.586. The summed E-state index contributed by atoms with van der Waals surface area (Å²) in [5, 5.41) is 3.21. The first kappa shape index (κ1) is 13.8. The molecule has 1 aromatic rings. The molecule has 0 bridgehead atoms. The molecule has 0 spiro atoms. The molecule has 0 unspecified atom stereocenters. The number of nitrogens with one attached hydrogen (secondary N) is 2. The number of nitrogens with two attached hydrogens (primary N) is 1. The van der Waals surface area contributed by atoms with Crippen LogP contribution >= 0.6 is 0 Å². The van der Waals surface area contributed by atoms with Crippen LogP contribution in [0.5, 0.6) is 0 Å². The van der Waals surface area contributed by atoms with Gasteiger partial charge in [0.2, 0.25) is 10.0 Å². The quantitative estimate of drug-likeness (QED) is 0.523. The van der Waals surface area contributed by atoms with Crippen LogP contribution in [0, 0.1) is 6.92 Å². The second kappa shape index (κ2) is 5.88. The lowest BCUT2D eigenvalue weighted by atomic mass is 10.1. The summed E-state index contributed by atoms with van der Waals surface area (Å²) in [6.45, 7) is 3.09. The number of para-hydroxylation sites is 1. The van der Waals surface area contributed by atoms with Gasteiger partial charge in [0, 0.05) is 13.1 Å². The summed E-state index contributed by atoms with van der Waals surface area (Å²) >= 11 is 0. The van der Waals surface area contributed by atoms with E-state index in [1.807, 2.05) is 25.1 Å². The maximum Gasteiger partial charge on any atom is 0.208 e. The van der Waals surface area contributed by atoms with Crippen molar-refractivity contribution in [1.82, 2.24) is 4.72 Å². The van der Waals surface area contributed by atoms with Gasteiger partial charge in [-0.05, 0) is 25.0 Å². The highest BCUT2D eigenvalue weighted by Crippen LogP contribution is 2.21. The molecule has 0 aliphatic carbocycles. The summed E-state index contributed by atoms with van der Waals surface area (Å²) in [6, 6.07) is 5.72. The zero-order valence-corrected chi connectivity index (χ0v) is 11.0. The monoisotopic (exact) mass is 257 g/mol. The number of sulfonamides is 1. The SMILES string of the molecule is Cc1cccc(N)c1NCCCNS(C)(=O)=O. The molecule has 0 atom stereocenters. The van der Waals surface area contributed by atoms with Crippen LogP contribution in [0.3, 0.4) is 0 Å². The van der Waals surface area contributed by atoms with Crippen LogP contribution in [-0.4, -0.2) is 27.8 Å². The molecular formula is C11H19N3O2S. The Kier molecular flexibility index (Phi) is 4.77. The molecule has 0 saturated carbocycles. The molecule has 0 saturated heterocycles. The third-order valence-electron chi connectivity index (χ3n) is 2.32. The normalized spacial score (nSPS) is 11.4. The van der Waals surface area contributed by atoms with Crippen molar-refractivity contribution in [2.45, 2.75) is 13.3 Å². The fourth-order valence-electron chi connectivity index (χ4n) is 1.49. The topological polar surface area (TPSA) is 84.2 Å². The van der Waals surface area contributed by atoms with E-state index in [0.717, 1.165) is 17.5 Å². The molecule has 0 heterocycles. The Hall–Kier alpha value is -1.27. The summed E-state index contributed by atoms with van der Waals surface area (Å²) in [5.74, 6) is 0. The fraction of sp³-hybridized carbons (Fsp3) is 0.455. The van der Waals surface area contributed by atoms with Gasteiger partial charge in [-0.1, -0.05) is 12.1 Å². The highest BCUT2D eigenvalue weighted by atomic mass is 32.2. The van der Waals surface area contributed by atoms with E-state index in [-0.39, 0.29) is 0 Å². The third-order valence-corrected chi connectivity index (χ3v) is 3.05. The maximum absolute atomic E-state index is 10.8. The Morgan fingerprint density at radius 1 is 1.29 bits per heavy atom. The molecule has 0 aliphatic rings. The van der Waals surface area contributed by atoms with Gasteiger partial charge in [-0.15, -0.1) is 0 Å². The van der Waals surface area contributed by atoms with Crippen molar-refractivity contribution in [2.24, 2.45) is 0 Å². The molecule has 5 nitrogen and oxygen atoms in total. The fourth-order valence-corrected chi connectivity index (χ4v) is 2.01. The van der Waals surface area contributed by atoms with Crippen molar-refractivity contribution >= 4 is 21.4 Å². The van der Waals surface area contributed by atoms with Gasteiger partial charge in [0.25, 0.3) is 0 Å². The summed E-state index contributed by atoms with van der Waals surface area (Å²) in [5.41, 5.74) is 8.55. The van der Waals surface area contributed by atoms with E-state index in [4.69, 9.17) is 5.73 Å². The largest absolute Gasteiger partial charge is 0.397 e. The van der Waals surface area contributed by atoms with Crippen molar-refractivity contribution < 1.29 is 8.42 Å². The molecule has 1 aromatic carbocycles. The Morgan fingerprint density at radius 2 is 2.00 bits per heavy atom. The second-order valence-electron chi connectivity index (χ2n) is 3.99. The summed E-state index contributed by atoms with van der Waals surface area (Å²) in [4.78, 5) is 0. The molecule has 17 heavy (non-hydrogen) atoms. The van der Waals surface area contributed by atoms with E-state index in [1.54, 1.807) is 0 Å². The number of aryl methyl sites for hydroxylation is 1. The van der Waals surface area contributed by atoms with Crippen molar-refractivity contribution in [3.8, 4) is 0 Å². The molecule has 1 rings (SSSR count). The van der Waals surface area contributed by atoms with Crippen molar-refractivity contribution in [1.29, 1.82) is 0 Å². The van der Waals surface area contributed by atoms with E-state index < -0.39 is 10.0 Å². The number of nitrogen functional groups attached to an aromatic ring is 1. The Morgan fingerprint density at radius 3 is 2.59 bits per heavy atom. The van der Waals surface area contributed by atoms with Crippen LogP contribution in [0.25, 0.3) is 0 Å². The first-order valence-electron chi connectivity index (χ1n) is 5.44. The maximum atomic E-state index is 10.8. The molecule has 0 aromatic heterocycles. The van der Waals surface area contributed by atoms with Crippen molar-refractivity contribution in [3.63, 3.8) is 0 Å². The van der Waals surface area contributed by atoms with Crippen LogP contribution in [-0.2, 0) is 10.0 Å². The molecule has 0 radical (unpaired) electrons. The molecule has 0 amide bonds. The summed E-state index contributed by atoms with van der Waals surface area (Å²) < 4.78 is 24.1. The number of hydrogen-bond donors (Lipinski definition) is 3. The van der Waals surface area contributed by atoms with Gasteiger partial charge >= 0.3 is 0 Å². The minimum Gasteiger partial charge on any atom is -0.397 e. The van der Waals surface area contributed by atoms with E-state index >= 15 is 0 Å². The smallest absolute Gasteiger partial charge is 0.208 e. The Bertz CT molecular complexity index is 451. The first-order valence-corrected chi connectivity index (χ1v) is 7.33. The predicted molar refractivity (Wildman–Crippen MR) is 71.5 cm³/mol. The minimum absolute atomic E-state index is 0.428. The van der Waals surface area contributed by atoms with Gasteiger partial charge in [-0.2, -0.15) is 0 Å². The summed E-state index contributed by atoms with van der Waals surface area (Å²) in [6.07, 6.45) is 1.86. The van der Waals surface area contributed by atoms with E-state index in [1.165, 1.54) is 0 Å². The first-order chi connectivity index (χ1) is 7.90. The van der Waals surface area contributed by atoms with Crippen molar-refractivity contribution in [2.75, 3.05) is 30.4 Å². The lowest BCUT2D eigenvalue weighted by Crippen LogP contribution is -2.24. The van der Waals surface area contributed by atoms with Crippen LogP contribution in [0.4, 0.5) is 11.4 Å². The van der Waals surface area contributed by atoms with Crippen molar-refractivity contribution in [3.05, 3.63) is 23.8 Å². The zero-order valence-electron chi connectivity index (χ0n) is 10.2. The van der Waals surface area contributed by atoms with Gasteiger partial charge in [0.1, 0.15) is 0 Å². The highest BCUT2D eigenvalue weighted by molar-refractivity contribution is 7.88. The second-order valence-corrected chi connectivity index (χ2v) is 5.82. The molecule has 4 N–H and O–H groups in total. The third kappa shape index (κ3) is 5.06. The van der Waals surface area contributed by atoms with E-state index in [9.17, 15) is 8.42 Å². The van der Waals surface area contributed by atoms with Gasteiger partial charge in [0.15, 0.2) is 0 Å². The number of rotatable bonds is 6. The average molecular weight is 257 g/mol. The predicted octanol–water partition coefficient (Wildman–Crippen LogP) is 0.928. The number of anilines is 2. The molecule has 0 aliphatic heterocycles. The van der Waals surface area contributed by atoms with E-state index in [0.29, 0.717) is 25.2 Å². The lowest BCUT2D eigenvalue weighted by Gasteiger charge is -2.12. The van der Waals surface area contributed by atoms with Gasteiger partial charge in [0.05, 0.1) is 17.6 Å². The molecular weight excluding hydrogens is 238 g/mol. The minimum atomic E-state index is -3.09. The standard InChI is InChI=1S/C11H19N3O2S/c1-9-5-3-6-10(12)11(9)13-7-4-8-14-17(2,15)16/h3,5-6,13-14H,4,7-8,12H2,1-2H3. The van der Waals surface area contributed by atoms with Gasteiger partial charge < -0.3 is 11.1 Å². The summed E-state index contributed by atoms with van der Waals surface area (Å²) in [7, 11) is -3.09. The Labute approximate surface area is 102 Å². The number of benzene rings is 1. The molecule has 0 fully saturated rings. The van der Waals surface area contributed by atoms with Crippen LogP contribution in [0.1, 0.15) is 12.0 Å². The van der Waals surface area contributed by atoms with E-state index in [2.05, 4.69) is 10.0 Å². The molecule has 6 heteroatoms. The molecule has 96 valence electrons. The van der Waals surface area contributed by atoms with Crippen LogP contribution < -0.4 is 15.8 Å².